The maximum atomic E-state index is 13.2. The van der Waals surface area contributed by atoms with E-state index in [-0.39, 0.29) is 40.4 Å². The van der Waals surface area contributed by atoms with E-state index in [0.29, 0.717) is 17.1 Å². The lowest BCUT2D eigenvalue weighted by Gasteiger charge is -2.31. The number of nitrogens with zero attached hydrogens (tertiary/aromatic N) is 2. The van der Waals surface area contributed by atoms with Crippen LogP contribution in [0.25, 0.3) is 17.4 Å². The summed E-state index contributed by atoms with van der Waals surface area (Å²) in [5.41, 5.74) is 1.43. The summed E-state index contributed by atoms with van der Waals surface area (Å²) < 4.78 is 29.7. The highest BCUT2D eigenvalue weighted by atomic mass is 32.2. The molecular weight excluding hydrogens is 444 g/mol. The Hall–Kier alpha value is -3.77. The zero-order chi connectivity index (χ0) is 23.9. The summed E-state index contributed by atoms with van der Waals surface area (Å²) >= 11 is 0. The van der Waals surface area contributed by atoms with E-state index in [1.54, 1.807) is 36.4 Å². The van der Waals surface area contributed by atoms with Crippen LogP contribution in [0.5, 0.6) is 0 Å². The van der Waals surface area contributed by atoms with Gasteiger partial charge in [-0.3, -0.25) is 19.3 Å². The molecule has 2 aromatic rings. The highest BCUT2D eigenvalue weighted by molar-refractivity contribution is 7.91. The van der Waals surface area contributed by atoms with Gasteiger partial charge >= 0.3 is 0 Å². The second kappa shape index (κ2) is 8.30. The van der Waals surface area contributed by atoms with E-state index >= 15 is 0 Å². The zero-order valence-corrected chi connectivity index (χ0v) is 18.8. The third-order valence-electron chi connectivity index (χ3n) is 5.84. The molecule has 2 aliphatic rings. The molecule has 3 heterocycles. The van der Waals surface area contributed by atoms with Crippen molar-refractivity contribution in [2.75, 3.05) is 11.5 Å². The molecule has 4 rings (SSSR count). The number of nitriles is 1. The van der Waals surface area contributed by atoms with E-state index in [1.807, 2.05) is 6.07 Å². The van der Waals surface area contributed by atoms with Crippen LogP contribution < -0.4 is 0 Å². The number of Topliss-reactive ketones (excluding diaryl/α,β-unsaturated/α-hetero) is 1. The van der Waals surface area contributed by atoms with Crippen LogP contribution >= 0.6 is 0 Å². The van der Waals surface area contributed by atoms with E-state index in [1.165, 1.54) is 19.9 Å². The third-order valence-corrected chi connectivity index (χ3v) is 7.59. The Labute approximate surface area is 190 Å². The highest BCUT2D eigenvalue weighted by Gasteiger charge is 2.43. The van der Waals surface area contributed by atoms with Gasteiger partial charge < -0.3 is 4.42 Å². The third kappa shape index (κ3) is 4.17. The van der Waals surface area contributed by atoms with Crippen LogP contribution in [0, 0.1) is 11.3 Å². The average Bonchev–Trinajstić information content (AvgIpc) is 3.38. The number of carbonyl (C=O) groups excluding carboxylic acids is 3. The van der Waals surface area contributed by atoms with Crippen molar-refractivity contribution in [2.24, 2.45) is 0 Å². The first-order valence-electron chi connectivity index (χ1n) is 10.2. The number of imide groups is 1. The number of hydrogen-bond acceptors (Lipinski definition) is 7. The number of amides is 2. The van der Waals surface area contributed by atoms with Crippen molar-refractivity contribution >= 4 is 33.5 Å². The summed E-state index contributed by atoms with van der Waals surface area (Å²) in [7, 11) is -3.35. The van der Waals surface area contributed by atoms with Crippen molar-refractivity contribution in [3.8, 4) is 17.4 Å². The fraction of sp³-hybridized carbons (Fsp3) is 0.250. The summed E-state index contributed by atoms with van der Waals surface area (Å²) in [5, 5.41) is 9.52. The molecule has 33 heavy (non-hydrogen) atoms. The van der Waals surface area contributed by atoms with Crippen LogP contribution in [0.15, 0.2) is 57.5 Å². The molecule has 9 heteroatoms. The predicted molar refractivity (Wildman–Crippen MR) is 119 cm³/mol. The lowest BCUT2D eigenvalue weighted by molar-refractivity contribution is -0.142. The molecule has 0 bridgehead atoms. The number of carbonyl (C=O) groups is 3. The molecule has 1 fully saturated rings. The van der Waals surface area contributed by atoms with Crippen molar-refractivity contribution in [3.63, 3.8) is 0 Å². The average molecular weight is 464 g/mol. The Morgan fingerprint density at radius 3 is 2.42 bits per heavy atom. The van der Waals surface area contributed by atoms with Gasteiger partial charge in [-0.2, -0.15) is 5.26 Å². The van der Waals surface area contributed by atoms with Crippen LogP contribution in [0.3, 0.4) is 0 Å². The fourth-order valence-electron chi connectivity index (χ4n) is 4.01. The Bertz CT molecular complexity index is 1390. The van der Waals surface area contributed by atoms with Crippen LogP contribution in [0.1, 0.15) is 36.4 Å². The van der Waals surface area contributed by atoms with Gasteiger partial charge in [-0.05, 0) is 44.1 Å². The minimum absolute atomic E-state index is 0.0491. The fourth-order valence-corrected chi connectivity index (χ4v) is 5.71. The zero-order valence-electron chi connectivity index (χ0n) is 18.0. The molecule has 0 aliphatic carbocycles. The Morgan fingerprint density at radius 1 is 1.15 bits per heavy atom. The number of benzene rings is 1. The van der Waals surface area contributed by atoms with Crippen molar-refractivity contribution in [3.05, 3.63) is 64.4 Å². The van der Waals surface area contributed by atoms with Gasteiger partial charge in [-0.1, -0.05) is 24.3 Å². The first-order valence-corrected chi connectivity index (χ1v) is 12.1. The van der Waals surface area contributed by atoms with Crippen molar-refractivity contribution in [1.82, 2.24) is 4.90 Å². The van der Waals surface area contributed by atoms with Gasteiger partial charge in [-0.25, -0.2) is 8.42 Å². The largest absolute Gasteiger partial charge is 0.457 e. The van der Waals surface area contributed by atoms with Gasteiger partial charge in [0.2, 0.25) is 0 Å². The molecule has 0 saturated carbocycles. The lowest BCUT2D eigenvalue weighted by Crippen LogP contribution is -2.49. The normalized spacial score (nSPS) is 21.5. The van der Waals surface area contributed by atoms with Crippen LogP contribution in [-0.2, 0) is 19.4 Å². The smallest absolute Gasteiger partial charge is 0.271 e. The van der Waals surface area contributed by atoms with Gasteiger partial charge in [0, 0.05) is 16.7 Å². The van der Waals surface area contributed by atoms with Crippen molar-refractivity contribution < 1.29 is 27.2 Å². The molecule has 168 valence electrons. The molecule has 0 N–H and O–H groups in total. The molecule has 0 spiro atoms. The minimum Gasteiger partial charge on any atom is -0.457 e. The molecule has 1 aromatic heterocycles. The second-order valence-electron chi connectivity index (χ2n) is 8.04. The molecule has 2 aliphatic heterocycles. The molecule has 0 unspecified atom stereocenters. The topological polar surface area (TPSA) is 126 Å². The van der Waals surface area contributed by atoms with Crippen molar-refractivity contribution in [1.29, 1.82) is 5.26 Å². The minimum atomic E-state index is -3.35. The first kappa shape index (κ1) is 22.4. The molecule has 8 nitrogen and oxygen atoms in total. The maximum Gasteiger partial charge on any atom is 0.271 e. The van der Waals surface area contributed by atoms with Crippen LogP contribution in [0.4, 0.5) is 0 Å². The van der Waals surface area contributed by atoms with Crippen LogP contribution in [-0.4, -0.2) is 48.5 Å². The van der Waals surface area contributed by atoms with E-state index in [4.69, 9.17) is 4.42 Å². The van der Waals surface area contributed by atoms with E-state index in [0.717, 1.165) is 10.5 Å². The van der Waals surface area contributed by atoms with Gasteiger partial charge in [-0.15, -0.1) is 0 Å². The maximum absolute atomic E-state index is 13.2. The van der Waals surface area contributed by atoms with E-state index in [2.05, 4.69) is 0 Å². The predicted octanol–water partition coefficient (Wildman–Crippen LogP) is 2.93. The number of ketones is 1. The quantitative estimate of drug-likeness (QED) is 0.387. The SMILES string of the molecule is CC(=O)c1ccc(-c2ccc(/C=C3\C(=O)N([C@@H]4CCS(=O)(=O)C4)C(=O)C(C#N)=C3C)o2)cc1. The molecule has 1 aromatic carbocycles. The van der Waals surface area contributed by atoms with E-state index in [9.17, 15) is 28.1 Å². The molecule has 1 atom stereocenters. The number of hydrogen-bond donors (Lipinski definition) is 0. The summed E-state index contributed by atoms with van der Waals surface area (Å²) in [6.45, 7) is 2.99. The van der Waals surface area contributed by atoms with Crippen molar-refractivity contribution in [2.45, 2.75) is 26.3 Å². The summed E-state index contributed by atoms with van der Waals surface area (Å²) in [4.78, 5) is 38.4. The Balaban J connectivity index is 1.70. The number of rotatable bonds is 4. The van der Waals surface area contributed by atoms with E-state index < -0.39 is 27.7 Å². The Kier molecular flexibility index (Phi) is 5.64. The molecule has 2 amide bonds. The number of sulfone groups is 1. The highest BCUT2D eigenvalue weighted by Crippen LogP contribution is 2.32. The van der Waals surface area contributed by atoms with Crippen LogP contribution in [0.2, 0.25) is 0 Å². The molecular formula is C24H20N2O6S. The summed E-state index contributed by atoms with van der Waals surface area (Å²) in [6, 6.07) is 11.3. The summed E-state index contributed by atoms with van der Waals surface area (Å²) in [6.07, 6.45) is 1.59. The molecule has 1 saturated heterocycles. The monoisotopic (exact) mass is 464 g/mol. The van der Waals surface area contributed by atoms with Gasteiger partial charge in [0.25, 0.3) is 11.8 Å². The first-order chi connectivity index (χ1) is 15.6. The van der Waals surface area contributed by atoms with Gasteiger partial charge in [0.05, 0.1) is 17.5 Å². The Morgan fingerprint density at radius 2 is 1.85 bits per heavy atom. The molecule has 0 radical (unpaired) electrons. The second-order valence-corrected chi connectivity index (χ2v) is 10.3. The van der Waals surface area contributed by atoms with Gasteiger partial charge in [0.15, 0.2) is 15.6 Å². The standard InChI is InChI=1S/C24H20N2O6S/c1-14-20(11-19-7-8-22(32-19)17-5-3-16(4-6-17)15(2)27)23(28)26(24(29)21(14)12-25)18-9-10-33(30,31)13-18/h3-8,11,18H,9-10,13H2,1-2H3/b20-11-/t18-/m1/s1. The van der Waals surface area contributed by atoms with Gasteiger partial charge in [0.1, 0.15) is 23.2 Å². The lowest BCUT2D eigenvalue weighted by atomic mass is 9.93. The number of furan rings is 1. The summed E-state index contributed by atoms with van der Waals surface area (Å²) in [5.74, 6) is -1.05.